The normalized spacial score (nSPS) is 10.3. The van der Waals surface area contributed by atoms with E-state index in [1.165, 1.54) is 0 Å². The van der Waals surface area contributed by atoms with Crippen LogP contribution in [-0.2, 0) is 0 Å². The van der Waals surface area contributed by atoms with E-state index in [9.17, 15) is 0 Å². The smallest absolute Gasteiger partial charge is 0.0788 e. The van der Waals surface area contributed by atoms with E-state index in [0.717, 1.165) is 6.54 Å². The third-order valence-electron chi connectivity index (χ3n) is 0.750. The minimum atomic E-state index is 0. The molecule has 0 bridgehead atoms. The Hall–Kier alpha value is -0.110. The van der Waals surface area contributed by atoms with E-state index in [-0.39, 0.29) is 4.70 Å². The predicted molar refractivity (Wildman–Crippen MR) is 27.2 cm³/mol. The van der Waals surface area contributed by atoms with Gasteiger partial charge in [-0.3, -0.25) is 0 Å². The standard InChI is InChI=1S/C5H13N.FH/c1-5(2,3)4-6;/h4,6H2,1-3H3;1H. The highest BCUT2D eigenvalue weighted by Gasteiger charge is 2.07. The zero-order valence-electron chi connectivity index (χ0n) is 5.29. The summed E-state index contributed by atoms with van der Waals surface area (Å²) in [5.41, 5.74) is 4.19. The van der Waals surface area contributed by atoms with Crippen LogP contribution in [0.2, 0.25) is 0 Å². The third-order valence-corrected chi connectivity index (χ3v) is 0.750. The first-order valence-electron chi connectivity index (χ1n) is 2.35. The van der Waals surface area contributed by atoms with Gasteiger partial charge in [0, 0.05) is 5.41 Å². The second-order valence-electron chi connectivity index (χ2n) is 2.81. The van der Waals surface area contributed by atoms with Crippen molar-refractivity contribution in [3.8, 4) is 0 Å². The zero-order chi connectivity index (χ0) is 5.21. The molecular weight excluding hydrogens is 93.1 g/mol. The molecule has 0 aromatic heterocycles. The average Bonchev–Trinajstić information content (AvgIpc) is 1.35. The maximum Gasteiger partial charge on any atom is 0.0788 e. The van der Waals surface area contributed by atoms with Crippen LogP contribution in [0.3, 0.4) is 0 Å². The number of halogens is 1. The predicted octanol–water partition coefficient (Wildman–Crippen LogP) is -2.72. The van der Waals surface area contributed by atoms with E-state index in [1.807, 2.05) is 0 Å². The fourth-order valence-electron chi connectivity index (χ4n) is 0. The highest BCUT2D eigenvalue weighted by molar-refractivity contribution is 4.54. The van der Waals surface area contributed by atoms with Crippen molar-refractivity contribution in [1.82, 2.24) is 0 Å². The monoisotopic (exact) mass is 107 g/mol. The molecule has 0 saturated heterocycles. The van der Waals surface area contributed by atoms with Crippen LogP contribution in [0.5, 0.6) is 0 Å². The second kappa shape index (κ2) is 2.97. The van der Waals surface area contributed by atoms with Crippen LogP contribution in [0.1, 0.15) is 20.8 Å². The molecule has 0 aliphatic rings. The Labute approximate surface area is 44.3 Å². The Kier molecular flexibility index (Phi) is 4.24. The molecule has 0 unspecified atom stereocenters. The van der Waals surface area contributed by atoms with Crippen LogP contribution in [0.25, 0.3) is 0 Å². The SMILES string of the molecule is CC(C)(C)C[NH3+].[F-]. The van der Waals surface area contributed by atoms with Gasteiger partial charge in [0.2, 0.25) is 0 Å². The summed E-state index contributed by atoms with van der Waals surface area (Å²) in [5, 5.41) is 0. The molecule has 2 heteroatoms. The summed E-state index contributed by atoms with van der Waals surface area (Å²) in [7, 11) is 0. The van der Waals surface area contributed by atoms with E-state index in [0.29, 0.717) is 5.41 Å². The van der Waals surface area contributed by atoms with Gasteiger partial charge in [-0.1, -0.05) is 20.8 Å². The second-order valence-corrected chi connectivity index (χ2v) is 2.81. The van der Waals surface area contributed by atoms with Gasteiger partial charge in [0.15, 0.2) is 0 Å². The van der Waals surface area contributed by atoms with Crippen LogP contribution >= 0.6 is 0 Å². The molecule has 0 spiro atoms. The molecule has 0 aromatic rings. The molecule has 0 radical (unpaired) electrons. The molecule has 3 N–H and O–H groups in total. The summed E-state index contributed by atoms with van der Waals surface area (Å²) >= 11 is 0. The Balaban J connectivity index is 0. The first kappa shape index (κ1) is 10.00. The Morgan fingerprint density at radius 3 is 1.43 bits per heavy atom. The molecule has 0 atom stereocenters. The summed E-state index contributed by atoms with van der Waals surface area (Å²) < 4.78 is 0. The van der Waals surface area contributed by atoms with E-state index < -0.39 is 0 Å². The van der Waals surface area contributed by atoms with Crippen LogP contribution in [0, 0.1) is 5.41 Å². The Bertz CT molecular complexity index is 37.8. The quantitative estimate of drug-likeness (QED) is 0.348. The van der Waals surface area contributed by atoms with Crippen LogP contribution in [0.4, 0.5) is 0 Å². The molecule has 46 valence electrons. The lowest BCUT2D eigenvalue weighted by molar-refractivity contribution is -0.387. The molecule has 0 amide bonds. The summed E-state index contributed by atoms with van der Waals surface area (Å²) in [6, 6.07) is 0. The lowest BCUT2D eigenvalue weighted by Gasteiger charge is -2.09. The number of quaternary nitrogens is 1. The number of hydrogen-bond donors (Lipinski definition) is 1. The molecule has 0 heterocycles. The zero-order valence-corrected chi connectivity index (χ0v) is 5.29. The van der Waals surface area contributed by atoms with Gasteiger partial charge in [-0.15, -0.1) is 0 Å². The van der Waals surface area contributed by atoms with Gasteiger partial charge in [-0.05, 0) is 0 Å². The first-order valence-corrected chi connectivity index (χ1v) is 2.35. The number of rotatable bonds is 0. The molecule has 1 nitrogen and oxygen atoms in total. The Morgan fingerprint density at radius 2 is 1.43 bits per heavy atom. The molecular formula is C5H14FN. The lowest BCUT2D eigenvalue weighted by atomic mass is 9.98. The highest BCUT2D eigenvalue weighted by Crippen LogP contribution is 2.06. The van der Waals surface area contributed by atoms with Crippen molar-refractivity contribution in [2.24, 2.45) is 5.41 Å². The molecule has 0 aliphatic heterocycles. The van der Waals surface area contributed by atoms with Gasteiger partial charge in [0.05, 0.1) is 6.54 Å². The summed E-state index contributed by atoms with van der Waals surface area (Å²) in [4.78, 5) is 0. The van der Waals surface area contributed by atoms with Gasteiger partial charge < -0.3 is 10.4 Å². The van der Waals surface area contributed by atoms with Crippen LogP contribution < -0.4 is 10.4 Å². The van der Waals surface area contributed by atoms with Gasteiger partial charge in [-0.2, -0.15) is 0 Å². The topological polar surface area (TPSA) is 27.6 Å². The number of hydrogen-bond acceptors (Lipinski definition) is 0. The molecule has 0 rings (SSSR count). The van der Waals surface area contributed by atoms with E-state index >= 15 is 0 Å². The minimum absolute atomic E-state index is 0. The van der Waals surface area contributed by atoms with E-state index in [2.05, 4.69) is 26.5 Å². The maximum absolute atomic E-state index is 3.76. The molecule has 0 fully saturated rings. The van der Waals surface area contributed by atoms with Crippen molar-refractivity contribution in [3.63, 3.8) is 0 Å². The van der Waals surface area contributed by atoms with E-state index in [1.54, 1.807) is 0 Å². The van der Waals surface area contributed by atoms with Crippen molar-refractivity contribution in [2.75, 3.05) is 6.54 Å². The molecule has 0 saturated carbocycles. The van der Waals surface area contributed by atoms with Crippen LogP contribution in [-0.4, -0.2) is 6.54 Å². The first-order chi connectivity index (χ1) is 2.56. The van der Waals surface area contributed by atoms with E-state index in [4.69, 9.17) is 0 Å². The Morgan fingerprint density at radius 1 is 1.29 bits per heavy atom. The van der Waals surface area contributed by atoms with Crippen molar-refractivity contribution >= 4 is 0 Å². The summed E-state index contributed by atoms with van der Waals surface area (Å²) in [6.07, 6.45) is 0. The third kappa shape index (κ3) is 10.7. The lowest BCUT2D eigenvalue weighted by Crippen LogP contribution is -3.00. The fourth-order valence-corrected chi connectivity index (χ4v) is 0. The van der Waals surface area contributed by atoms with Gasteiger partial charge in [-0.25, -0.2) is 0 Å². The molecule has 0 aromatic carbocycles. The van der Waals surface area contributed by atoms with Crippen molar-refractivity contribution in [2.45, 2.75) is 20.8 Å². The fraction of sp³-hybridized carbons (Fsp3) is 1.00. The highest BCUT2D eigenvalue weighted by atomic mass is 19.0. The van der Waals surface area contributed by atoms with Crippen molar-refractivity contribution < 1.29 is 10.4 Å². The summed E-state index contributed by atoms with van der Waals surface area (Å²) in [6.45, 7) is 7.56. The van der Waals surface area contributed by atoms with Gasteiger partial charge in [0.1, 0.15) is 0 Å². The largest absolute Gasteiger partial charge is 1.00 e. The maximum atomic E-state index is 3.76. The summed E-state index contributed by atoms with van der Waals surface area (Å²) in [5.74, 6) is 0. The minimum Gasteiger partial charge on any atom is -1.00 e. The van der Waals surface area contributed by atoms with Crippen LogP contribution in [0.15, 0.2) is 0 Å². The molecule has 0 aliphatic carbocycles. The average molecular weight is 107 g/mol. The van der Waals surface area contributed by atoms with Gasteiger partial charge >= 0.3 is 0 Å². The van der Waals surface area contributed by atoms with Crippen molar-refractivity contribution in [1.29, 1.82) is 0 Å². The molecule has 7 heavy (non-hydrogen) atoms. The van der Waals surface area contributed by atoms with Crippen molar-refractivity contribution in [3.05, 3.63) is 0 Å². The van der Waals surface area contributed by atoms with Gasteiger partial charge in [0.25, 0.3) is 0 Å².